The average Bonchev–Trinajstić information content (AvgIpc) is 2.93. The van der Waals surface area contributed by atoms with Gasteiger partial charge in [0.1, 0.15) is 4.90 Å². The van der Waals surface area contributed by atoms with Gasteiger partial charge in [-0.15, -0.1) is 11.3 Å². The summed E-state index contributed by atoms with van der Waals surface area (Å²) in [5.74, 6) is 0. The first-order valence-electron chi connectivity index (χ1n) is 6.01. The molecular weight excluding hydrogens is 298 g/mol. The summed E-state index contributed by atoms with van der Waals surface area (Å²) in [6.07, 6.45) is 1.64. The van der Waals surface area contributed by atoms with E-state index < -0.39 is 10.0 Å². The number of aliphatic hydroxyl groups is 1. The van der Waals surface area contributed by atoms with E-state index in [1.165, 1.54) is 11.3 Å². The van der Waals surface area contributed by atoms with Gasteiger partial charge in [-0.05, 0) is 24.8 Å². The molecule has 110 valence electrons. The number of hydrogen-bond acceptors (Lipinski definition) is 5. The van der Waals surface area contributed by atoms with Crippen LogP contribution in [-0.2, 0) is 30.2 Å². The summed E-state index contributed by atoms with van der Waals surface area (Å²) in [5, 5.41) is 15.0. The van der Waals surface area contributed by atoms with E-state index in [1.807, 2.05) is 6.92 Å². The normalized spacial score (nSPS) is 12.0. The number of aliphatic hydroxyl groups excluding tert-OH is 1. The lowest BCUT2D eigenvalue weighted by Gasteiger charge is -2.08. The highest BCUT2D eigenvalue weighted by atomic mass is 32.2. The minimum atomic E-state index is -3.63. The smallest absolute Gasteiger partial charge is 0.242 e. The summed E-state index contributed by atoms with van der Waals surface area (Å²) in [6, 6.07) is 0. The van der Waals surface area contributed by atoms with Crippen LogP contribution in [0.3, 0.4) is 0 Å². The summed E-state index contributed by atoms with van der Waals surface area (Å²) in [7, 11) is -1.83. The van der Waals surface area contributed by atoms with E-state index in [-0.39, 0.29) is 18.0 Å². The Labute approximate surface area is 122 Å². The molecule has 2 rings (SSSR count). The van der Waals surface area contributed by atoms with Crippen LogP contribution in [-0.4, -0.2) is 23.3 Å². The summed E-state index contributed by atoms with van der Waals surface area (Å²) < 4.78 is 28.9. The first kappa shape index (κ1) is 15.2. The van der Waals surface area contributed by atoms with Crippen molar-refractivity contribution in [3.63, 3.8) is 0 Å². The highest BCUT2D eigenvalue weighted by molar-refractivity contribution is 7.89. The molecule has 0 saturated heterocycles. The molecule has 0 atom stereocenters. The Morgan fingerprint density at radius 1 is 1.45 bits per heavy atom. The number of thiophene rings is 1. The van der Waals surface area contributed by atoms with Gasteiger partial charge in [-0.25, -0.2) is 13.1 Å². The Balaban J connectivity index is 2.24. The zero-order chi connectivity index (χ0) is 14.9. The minimum Gasteiger partial charge on any atom is -0.391 e. The van der Waals surface area contributed by atoms with Crippen molar-refractivity contribution >= 4 is 21.4 Å². The summed E-state index contributed by atoms with van der Waals surface area (Å²) in [6.45, 7) is 3.51. The molecular formula is C12H17N3O3S2. The Bertz CT molecular complexity index is 716. The monoisotopic (exact) mass is 315 g/mol. The van der Waals surface area contributed by atoms with E-state index in [1.54, 1.807) is 30.2 Å². The van der Waals surface area contributed by atoms with Gasteiger partial charge >= 0.3 is 0 Å². The first-order chi connectivity index (χ1) is 9.36. The van der Waals surface area contributed by atoms with Gasteiger partial charge in [0.25, 0.3) is 0 Å². The van der Waals surface area contributed by atoms with Crippen LogP contribution < -0.4 is 4.72 Å². The molecule has 6 nitrogen and oxygen atoms in total. The highest BCUT2D eigenvalue weighted by Gasteiger charge is 2.22. The maximum absolute atomic E-state index is 12.3. The first-order valence-corrected chi connectivity index (χ1v) is 8.38. The lowest BCUT2D eigenvalue weighted by molar-refractivity contribution is 0.282. The second-order valence-electron chi connectivity index (χ2n) is 4.53. The number of nitrogens with zero attached hydrogens (tertiary/aromatic N) is 2. The molecule has 0 saturated carbocycles. The zero-order valence-corrected chi connectivity index (χ0v) is 13.2. The van der Waals surface area contributed by atoms with Crippen molar-refractivity contribution in [2.75, 3.05) is 0 Å². The lowest BCUT2D eigenvalue weighted by Crippen LogP contribution is -2.24. The molecule has 2 N–H and O–H groups in total. The topological polar surface area (TPSA) is 84.2 Å². The van der Waals surface area contributed by atoms with Crippen LogP contribution in [0.4, 0.5) is 0 Å². The van der Waals surface area contributed by atoms with Crippen molar-refractivity contribution in [2.24, 2.45) is 7.05 Å². The van der Waals surface area contributed by atoms with Gasteiger partial charge < -0.3 is 5.11 Å². The zero-order valence-electron chi connectivity index (χ0n) is 11.5. The molecule has 0 unspecified atom stereocenters. The van der Waals surface area contributed by atoms with Gasteiger partial charge in [-0.1, -0.05) is 0 Å². The maximum Gasteiger partial charge on any atom is 0.242 e. The minimum absolute atomic E-state index is 0.183. The number of aromatic nitrogens is 2. The second kappa shape index (κ2) is 5.65. The van der Waals surface area contributed by atoms with Crippen LogP contribution in [0.2, 0.25) is 0 Å². The lowest BCUT2D eigenvalue weighted by atomic mass is 10.3. The van der Waals surface area contributed by atoms with Crippen LogP contribution >= 0.6 is 11.3 Å². The molecule has 8 heteroatoms. The van der Waals surface area contributed by atoms with E-state index in [9.17, 15) is 13.5 Å². The molecule has 0 spiro atoms. The quantitative estimate of drug-likeness (QED) is 0.864. The van der Waals surface area contributed by atoms with E-state index in [0.29, 0.717) is 10.4 Å². The fourth-order valence-corrected chi connectivity index (χ4v) is 4.58. The van der Waals surface area contributed by atoms with Crippen LogP contribution in [0.5, 0.6) is 0 Å². The van der Waals surface area contributed by atoms with Gasteiger partial charge in [0.2, 0.25) is 10.0 Å². The van der Waals surface area contributed by atoms with Crippen molar-refractivity contribution in [1.29, 1.82) is 0 Å². The standard InChI is InChI=1S/C12H17N3O3S2/c1-8-7-19-11(6-16)12(8)20(17,18)14-5-10-4-13-15(3)9(10)2/h4,7,14,16H,5-6H2,1-3H3. The Morgan fingerprint density at radius 3 is 2.70 bits per heavy atom. The SMILES string of the molecule is Cc1csc(CO)c1S(=O)(=O)NCc1cnn(C)c1C. The third-order valence-electron chi connectivity index (χ3n) is 3.19. The molecule has 2 aromatic heterocycles. The van der Waals surface area contributed by atoms with Gasteiger partial charge in [0, 0.05) is 24.8 Å². The summed E-state index contributed by atoms with van der Waals surface area (Å²) >= 11 is 1.25. The summed E-state index contributed by atoms with van der Waals surface area (Å²) in [4.78, 5) is 0.643. The summed E-state index contributed by atoms with van der Waals surface area (Å²) in [5.41, 5.74) is 2.39. The Kier molecular flexibility index (Phi) is 4.28. The molecule has 20 heavy (non-hydrogen) atoms. The third-order valence-corrected chi connectivity index (χ3v) is 6.04. The average molecular weight is 315 g/mol. The van der Waals surface area contributed by atoms with Gasteiger partial charge in [0.15, 0.2) is 0 Å². The van der Waals surface area contributed by atoms with Crippen LogP contribution in [0.1, 0.15) is 21.7 Å². The van der Waals surface area contributed by atoms with Crippen molar-refractivity contribution in [3.8, 4) is 0 Å². The van der Waals surface area contributed by atoms with Crippen molar-refractivity contribution < 1.29 is 13.5 Å². The fraction of sp³-hybridized carbons (Fsp3) is 0.417. The molecule has 0 bridgehead atoms. The second-order valence-corrected chi connectivity index (χ2v) is 7.20. The number of nitrogens with one attached hydrogen (secondary N) is 1. The van der Waals surface area contributed by atoms with E-state index in [0.717, 1.165) is 11.3 Å². The number of hydrogen-bond donors (Lipinski definition) is 2. The van der Waals surface area contributed by atoms with Crippen molar-refractivity contribution in [1.82, 2.24) is 14.5 Å². The molecule has 2 aromatic rings. The molecule has 0 aliphatic heterocycles. The molecule has 0 amide bonds. The Morgan fingerprint density at radius 2 is 2.15 bits per heavy atom. The molecule has 0 fully saturated rings. The van der Waals surface area contributed by atoms with E-state index in [4.69, 9.17) is 0 Å². The van der Waals surface area contributed by atoms with Crippen LogP contribution in [0.15, 0.2) is 16.5 Å². The number of rotatable bonds is 5. The predicted molar refractivity (Wildman–Crippen MR) is 76.9 cm³/mol. The highest BCUT2D eigenvalue weighted by Crippen LogP contribution is 2.26. The predicted octanol–water partition coefficient (Wildman–Crippen LogP) is 1.07. The van der Waals surface area contributed by atoms with Crippen molar-refractivity contribution in [3.05, 3.63) is 33.3 Å². The molecule has 0 aliphatic carbocycles. The van der Waals surface area contributed by atoms with Gasteiger partial charge in [-0.3, -0.25) is 4.68 Å². The van der Waals surface area contributed by atoms with Crippen molar-refractivity contribution in [2.45, 2.75) is 31.9 Å². The number of aryl methyl sites for hydroxylation is 2. The van der Waals surface area contributed by atoms with Crippen LogP contribution in [0.25, 0.3) is 0 Å². The van der Waals surface area contributed by atoms with Gasteiger partial charge in [0.05, 0.1) is 17.7 Å². The molecule has 2 heterocycles. The van der Waals surface area contributed by atoms with Crippen LogP contribution in [0, 0.1) is 13.8 Å². The number of sulfonamides is 1. The largest absolute Gasteiger partial charge is 0.391 e. The molecule has 0 aromatic carbocycles. The molecule has 0 aliphatic rings. The fourth-order valence-electron chi connectivity index (χ4n) is 1.92. The van der Waals surface area contributed by atoms with Gasteiger partial charge in [-0.2, -0.15) is 5.10 Å². The third kappa shape index (κ3) is 2.78. The van der Waals surface area contributed by atoms with E-state index in [2.05, 4.69) is 9.82 Å². The molecule has 0 radical (unpaired) electrons. The van der Waals surface area contributed by atoms with E-state index >= 15 is 0 Å². The Hall–Kier alpha value is -1.22. The maximum atomic E-state index is 12.3.